The number of rotatable bonds is 14. The maximum atomic E-state index is 12.9. The quantitative estimate of drug-likeness (QED) is 0.126. The fourth-order valence-corrected chi connectivity index (χ4v) is 7.29. The second-order valence-electron chi connectivity index (χ2n) is 14.2. The van der Waals surface area contributed by atoms with Crippen molar-refractivity contribution in [2.24, 2.45) is 5.92 Å². The van der Waals surface area contributed by atoms with Crippen molar-refractivity contribution < 1.29 is 47.4 Å². The van der Waals surface area contributed by atoms with Crippen LogP contribution in [-0.4, -0.2) is 74.3 Å². The number of carbonyl (C=O) groups excluding carboxylic acids is 1. The summed E-state index contributed by atoms with van der Waals surface area (Å²) >= 11 is 0. The first-order chi connectivity index (χ1) is 26.4. The van der Waals surface area contributed by atoms with E-state index in [2.05, 4.69) is 6.92 Å². The van der Waals surface area contributed by atoms with E-state index in [9.17, 15) is 4.79 Å². The molecule has 3 aliphatic heterocycles. The lowest BCUT2D eigenvalue weighted by Crippen LogP contribution is -2.65. The Morgan fingerprint density at radius 1 is 0.648 bits per heavy atom. The third-order valence-corrected chi connectivity index (χ3v) is 10.3. The lowest BCUT2D eigenvalue weighted by Gasteiger charge is -2.51. The van der Waals surface area contributed by atoms with Gasteiger partial charge >= 0.3 is 5.97 Å². The van der Waals surface area contributed by atoms with Crippen molar-refractivity contribution in [1.29, 1.82) is 0 Å². The molecule has 7 rings (SSSR count). The van der Waals surface area contributed by atoms with Gasteiger partial charge in [-0.25, -0.2) is 0 Å². The molecule has 0 bridgehead atoms. The van der Waals surface area contributed by atoms with Gasteiger partial charge in [0.15, 0.2) is 18.7 Å². The van der Waals surface area contributed by atoms with Gasteiger partial charge in [-0.1, -0.05) is 128 Å². The summed E-state index contributed by atoms with van der Waals surface area (Å²) in [5.74, 6) is -0.616. The summed E-state index contributed by atoms with van der Waals surface area (Å²) in [5.41, 5.74) is 3.86. The van der Waals surface area contributed by atoms with Crippen molar-refractivity contribution in [3.05, 3.63) is 144 Å². The zero-order valence-corrected chi connectivity index (χ0v) is 31.0. The van der Waals surface area contributed by atoms with Gasteiger partial charge in [0.05, 0.1) is 45.2 Å². The molecule has 0 radical (unpaired) electrons. The first kappa shape index (κ1) is 38.3. The molecule has 286 valence electrons. The minimum atomic E-state index is -1.06. The number of ether oxygens (including phenoxy) is 9. The monoisotopic (exact) mass is 738 g/mol. The Balaban J connectivity index is 1.20. The van der Waals surface area contributed by atoms with Crippen molar-refractivity contribution in [3.8, 4) is 0 Å². The molecule has 4 aromatic rings. The van der Waals surface area contributed by atoms with Crippen molar-refractivity contribution in [1.82, 2.24) is 0 Å². The average molecular weight is 739 g/mol. The van der Waals surface area contributed by atoms with Crippen LogP contribution in [0, 0.1) is 5.92 Å². The van der Waals surface area contributed by atoms with Gasteiger partial charge in [-0.05, 0) is 23.6 Å². The van der Waals surface area contributed by atoms with Gasteiger partial charge in [0.1, 0.15) is 30.5 Å². The molecular weight excluding hydrogens is 688 g/mol. The van der Waals surface area contributed by atoms with Crippen LogP contribution in [0.15, 0.2) is 121 Å². The van der Waals surface area contributed by atoms with Gasteiger partial charge in [-0.2, -0.15) is 0 Å². The lowest BCUT2D eigenvalue weighted by atomic mass is 9.87. The van der Waals surface area contributed by atoms with E-state index < -0.39 is 55.2 Å². The van der Waals surface area contributed by atoms with Crippen LogP contribution in [0.5, 0.6) is 0 Å². The number of hydrogen-bond acceptors (Lipinski definition) is 10. The third kappa shape index (κ3) is 9.63. The fraction of sp³-hybridized carbons (Fsp3) is 0.432. The van der Waals surface area contributed by atoms with E-state index in [0.717, 1.165) is 22.3 Å². The Morgan fingerprint density at radius 2 is 1.20 bits per heavy atom. The van der Waals surface area contributed by atoms with Crippen molar-refractivity contribution in [2.45, 2.75) is 102 Å². The molecule has 0 amide bonds. The first-order valence-electron chi connectivity index (χ1n) is 18.8. The summed E-state index contributed by atoms with van der Waals surface area (Å²) in [4.78, 5) is 12.9. The Bertz CT molecular complexity index is 1710. The van der Waals surface area contributed by atoms with E-state index >= 15 is 0 Å². The molecule has 4 aromatic carbocycles. The third-order valence-electron chi connectivity index (χ3n) is 10.3. The normalized spacial score (nSPS) is 31.0. The number of fused-ring (bicyclic) bond motifs is 1. The smallest absolute Gasteiger partial charge is 0.303 e. The van der Waals surface area contributed by atoms with Crippen LogP contribution in [-0.2, 0) is 67.2 Å². The molecule has 7 unspecified atom stereocenters. The van der Waals surface area contributed by atoms with E-state index in [0.29, 0.717) is 13.2 Å². The summed E-state index contributed by atoms with van der Waals surface area (Å²) in [6, 6.07) is 39.5. The lowest BCUT2D eigenvalue weighted by molar-refractivity contribution is -0.370. The molecule has 3 heterocycles. The van der Waals surface area contributed by atoms with Crippen LogP contribution >= 0.6 is 0 Å². The summed E-state index contributed by atoms with van der Waals surface area (Å²) in [6.07, 6.45) is -6.38. The maximum absolute atomic E-state index is 12.9. The molecule has 0 aliphatic carbocycles. The molecule has 0 spiro atoms. The van der Waals surface area contributed by atoms with Gasteiger partial charge in [0, 0.05) is 18.4 Å². The molecule has 54 heavy (non-hydrogen) atoms. The second-order valence-corrected chi connectivity index (χ2v) is 14.2. The fourth-order valence-electron chi connectivity index (χ4n) is 7.29. The summed E-state index contributed by atoms with van der Waals surface area (Å²) in [6.45, 7) is 6.85. The topological polar surface area (TPSA) is 100 Å². The van der Waals surface area contributed by atoms with E-state index in [1.165, 1.54) is 6.92 Å². The molecule has 3 saturated heterocycles. The van der Waals surface area contributed by atoms with E-state index in [1.54, 1.807) is 0 Å². The molecule has 10 heteroatoms. The Hall–Kier alpha value is -3.97. The largest absolute Gasteiger partial charge is 0.454 e. The Morgan fingerprint density at radius 3 is 1.80 bits per heavy atom. The van der Waals surface area contributed by atoms with Gasteiger partial charge in [-0.15, -0.1) is 0 Å². The molecule has 10 nitrogen and oxygen atoms in total. The molecule has 0 aromatic heterocycles. The number of esters is 1. The Kier molecular flexibility index (Phi) is 13.2. The van der Waals surface area contributed by atoms with Crippen LogP contribution in [0.4, 0.5) is 0 Å². The van der Waals surface area contributed by atoms with Crippen LogP contribution in [0.1, 0.15) is 49.3 Å². The zero-order valence-electron chi connectivity index (χ0n) is 31.0. The van der Waals surface area contributed by atoms with Gasteiger partial charge in [0.25, 0.3) is 0 Å². The predicted octanol–water partition coefficient (Wildman–Crippen LogP) is 6.95. The highest BCUT2D eigenvalue weighted by Crippen LogP contribution is 2.40. The SMILES string of the molecule is CC(=O)OC1C(OCc2ccccc2)[C@H](OCc2ccccc2)C(COCc2ccccc2)O[C@@H]1OC1C(C)[C@@H](C)OC2COC(c3ccccc3)O[C@H]21. The van der Waals surface area contributed by atoms with Crippen LogP contribution in [0.25, 0.3) is 0 Å². The van der Waals surface area contributed by atoms with E-state index in [1.807, 2.05) is 128 Å². The van der Waals surface area contributed by atoms with Gasteiger partial charge in [0.2, 0.25) is 0 Å². The van der Waals surface area contributed by atoms with E-state index in [-0.39, 0.29) is 37.9 Å². The number of benzene rings is 4. The highest BCUT2D eigenvalue weighted by molar-refractivity contribution is 5.66. The number of hydrogen-bond donors (Lipinski definition) is 0. The van der Waals surface area contributed by atoms with E-state index in [4.69, 9.17) is 42.6 Å². The van der Waals surface area contributed by atoms with Crippen molar-refractivity contribution >= 4 is 5.97 Å². The molecule has 0 N–H and O–H groups in total. The molecule has 0 saturated carbocycles. The summed E-state index contributed by atoms with van der Waals surface area (Å²) < 4.78 is 58.9. The molecular formula is C44H50O10. The van der Waals surface area contributed by atoms with Crippen molar-refractivity contribution in [2.75, 3.05) is 13.2 Å². The maximum Gasteiger partial charge on any atom is 0.303 e. The minimum Gasteiger partial charge on any atom is -0.454 e. The first-order valence-corrected chi connectivity index (χ1v) is 18.8. The van der Waals surface area contributed by atoms with Crippen LogP contribution < -0.4 is 0 Å². The molecule has 3 fully saturated rings. The van der Waals surface area contributed by atoms with Gasteiger partial charge in [-0.3, -0.25) is 4.79 Å². The minimum absolute atomic E-state index is 0.120. The summed E-state index contributed by atoms with van der Waals surface area (Å²) in [7, 11) is 0. The highest BCUT2D eigenvalue weighted by Gasteiger charge is 2.54. The summed E-state index contributed by atoms with van der Waals surface area (Å²) in [5, 5.41) is 0. The predicted molar refractivity (Wildman–Crippen MR) is 199 cm³/mol. The molecule has 11 atom stereocenters. The zero-order chi connectivity index (χ0) is 37.3. The second kappa shape index (κ2) is 18.6. The van der Waals surface area contributed by atoms with Crippen LogP contribution in [0.3, 0.4) is 0 Å². The average Bonchev–Trinajstić information content (AvgIpc) is 3.20. The van der Waals surface area contributed by atoms with Gasteiger partial charge < -0.3 is 42.6 Å². The van der Waals surface area contributed by atoms with Crippen molar-refractivity contribution in [3.63, 3.8) is 0 Å². The Labute approximate surface area is 317 Å². The molecule has 3 aliphatic rings. The highest BCUT2D eigenvalue weighted by atomic mass is 16.8. The van der Waals surface area contributed by atoms with Crippen LogP contribution in [0.2, 0.25) is 0 Å². The number of carbonyl (C=O) groups is 1. The standard InChI is InChI=1S/C44H50O10/c1-29-30(2)50-37-28-49-43(35-22-14-7-15-23-35)54-40(37)38(29)53-44-42(51-31(3)45)41(48-26-34-20-12-6-13-21-34)39(47-25-33-18-10-5-11-19-33)36(52-44)27-46-24-32-16-8-4-9-17-32/h4-23,29-30,36-44H,24-28H2,1-3H3/t29?,30-,36?,37?,38?,39-,40-,41?,42?,43?,44-/m1/s1.